The highest BCUT2D eigenvalue weighted by molar-refractivity contribution is 5.94. The van der Waals surface area contributed by atoms with Gasteiger partial charge in [0.2, 0.25) is 5.88 Å². The molecule has 1 aromatic carbocycles. The summed E-state index contributed by atoms with van der Waals surface area (Å²) in [6, 6.07) is 6.56. The van der Waals surface area contributed by atoms with E-state index in [0.717, 1.165) is 23.4 Å². The number of hydrogen-bond donors (Lipinski definition) is 0. The van der Waals surface area contributed by atoms with Crippen molar-refractivity contribution in [3.8, 4) is 5.88 Å². The average molecular weight is 348 g/mol. The second kappa shape index (κ2) is 7.57. The number of hydrogen-bond acceptors (Lipinski definition) is 4. The molecule has 1 aliphatic rings. The maximum absolute atomic E-state index is 13.8. The van der Waals surface area contributed by atoms with E-state index in [1.807, 2.05) is 6.07 Å². The standard InChI is InChI=1S/C18H18F2N2O3/c1-24-8-9-25-17-5-2-12-11-22(7-6-16(12)21-17)18(23)14-4-3-13(19)10-15(14)20/h2-5,10H,6-9,11H2,1H3. The Morgan fingerprint density at radius 1 is 1.24 bits per heavy atom. The molecule has 0 spiro atoms. The van der Waals surface area contributed by atoms with E-state index < -0.39 is 17.5 Å². The van der Waals surface area contributed by atoms with E-state index in [1.165, 1.54) is 11.0 Å². The van der Waals surface area contributed by atoms with Crippen molar-refractivity contribution in [1.82, 2.24) is 9.88 Å². The Balaban J connectivity index is 1.71. The van der Waals surface area contributed by atoms with Crippen molar-refractivity contribution in [2.45, 2.75) is 13.0 Å². The minimum Gasteiger partial charge on any atom is -0.475 e. The van der Waals surface area contributed by atoms with Crippen LogP contribution in [0.15, 0.2) is 30.3 Å². The van der Waals surface area contributed by atoms with Gasteiger partial charge in [-0.05, 0) is 17.7 Å². The van der Waals surface area contributed by atoms with Crippen LogP contribution in [0.25, 0.3) is 0 Å². The lowest BCUT2D eigenvalue weighted by atomic mass is 10.0. The number of carbonyl (C=O) groups excluding carboxylic acids is 1. The Morgan fingerprint density at radius 2 is 2.08 bits per heavy atom. The largest absolute Gasteiger partial charge is 0.475 e. The van der Waals surface area contributed by atoms with Crippen molar-refractivity contribution in [2.24, 2.45) is 0 Å². The van der Waals surface area contributed by atoms with Gasteiger partial charge in [0.1, 0.15) is 18.2 Å². The normalized spacial score (nSPS) is 13.5. The van der Waals surface area contributed by atoms with Crippen molar-refractivity contribution in [3.63, 3.8) is 0 Å². The van der Waals surface area contributed by atoms with Crippen molar-refractivity contribution in [3.05, 3.63) is 58.8 Å². The van der Waals surface area contributed by atoms with Gasteiger partial charge in [0.25, 0.3) is 5.91 Å². The Bertz CT molecular complexity index is 783. The first kappa shape index (κ1) is 17.3. The summed E-state index contributed by atoms with van der Waals surface area (Å²) in [4.78, 5) is 18.5. The van der Waals surface area contributed by atoms with Crippen LogP contribution in [-0.4, -0.2) is 42.7 Å². The van der Waals surface area contributed by atoms with Gasteiger partial charge in [-0.1, -0.05) is 6.07 Å². The molecule has 0 unspecified atom stereocenters. The zero-order valence-corrected chi connectivity index (χ0v) is 13.8. The zero-order chi connectivity index (χ0) is 17.8. The fraction of sp³-hybridized carbons (Fsp3) is 0.333. The summed E-state index contributed by atoms with van der Waals surface area (Å²) in [6.07, 6.45) is 0.547. The van der Waals surface area contributed by atoms with Gasteiger partial charge >= 0.3 is 0 Å². The predicted molar refractivity (Wildman–Crippen MR) is 86.4 cm³/mol. The first-order valence-electron chi connectivity index (χ1n) is 7.93. The van der Waals surface area contributed by atoms with E-state index >= 15 is 0 Å². The van der Waals surface area contributed by atoms with Crippen LogP contribution >= 0.6 is 0 Å². The van der Waals surface area contributed by atoms with Gasteiger partial charge in [-0.25, -0.2) is 13.8 Å². The lowest BCUT2D eigenvalue weighted by molar-refractivity contribution is 0.0728. The highest BCUT2D eigenvalue weighted by atomic mass is 19.1. The van der Waals surface area contributed by atoms with Crippen molar-refractivity contribution in [2.75, 3.05) is 26.9 Å². The molecular formula is C18H18F2N2O3. The molecule has 5 nitrogen and oxygen atoms in total. The van der Waals surface area contributed by atoms with Crippen LogP contribution in [0.1, 0.15) is 21.6 Å². The summed E-state index contributed by atoms with van der Waals surface area (Å²) in [5.74, 6) is -1.50. The maximum atomic E-state index is 13.8. The fourth-order valence-electron chi connectivity index (χ4n) is 2.71. The number of aromatic nitrogens is 1. The SMILES string of the molecule is COCCOc1ccc2c(n1)CCN(C(=O)c1ccc(F)cc1F)C2. The molecule has 0 radical (unpaired) electrons. The second-order valence-corrected chi connectivity index (χ2v) is 5.70. The maximum Gasteiger partial charge on any atom is 0.257 e. The minimum atomic E-state index is -0.851. The molecule has 3 rings (SSSR count). The van der Waals surface area contributed by atoms with Gasteiger partial charge in [-0.15, -0.1) is 0 Å². The van der Waals surface area contributed by atoms with Crippen LogP contribution in [0, 0.1) is 11.6 Å². The molecule has 1 aliphatic heterocycles. The second-order valence-electron chi connectivity index (χ2n) is 5.70. The lowest BCUT2D eigenvalue weighted by Gasteiger charge is -2.28. The van der Waals surface area contributed by atoms with E-state index in [1.54, 1.807) is 13.2 Å². The number of benzene rings is 1. The number of rotatable bonds is 5. The summed E-state index contributed by atoms with van der Waals surface area (Å²) in [5, 5.41) is 0. The number of fused-ring (bicyclic) bond motifs is 1. The van der Waals surface area contributed by atoms with Crippen molar-refractivity contribution in [1.29, 1.82) is 0 Å². The van der Waals surface area contributed by atoms with Gasteiger partial charge in [0.05, 0.1) is 17.9 Å². The van der Waals surface area contributed by atoms with Crippen LogP contribution in [0.3, 0.4) is 0 Å². The monoisotopic (exact) mass is 348 g/mol. The number of nitrogens with zero attached hydrogens (tertiary/aromatic N) is 2. The Hall–Kier alpha value is -2.54. The summed E-state index contributed by atoms with van der Waals surface area (Å²) in [7, 11) is 1.60. The molecule has 0 saturated carbocycles. The van der Waals surface area contributed by atoms with Crippen molar-refractivity contribution >= 4 is 5.91 Å². The molecule has 25 heavy (non-hydrogen) atoms. The number of amides is 1. The van der Waals surface area contributed by atoms with Crippen LogP contribution in [0.4, 0.5) is 8.78 Å². The first-order chi connectivity index (χ1) is 12.1. The Labute approximate surface area is 144 Å². The molecule has 2 heterocycles. The molecule has 0 N–H and O–H groups in total. The van der Waals surface area contributed by atoms with Crippen LogP contribution < -0.4 is 4.74 Å². The van der Waals surface area contributed by atoms with Crippen LogP contribution in [-0.2, 0) is 17.7 Å². The highest BCUT2D eigenvalue weighted by Crippen LogP contribution is 2.22. The van der Waals surface area contributed by atoms with Gasteiger partial charge in [-0.2, -0.15) is 0 Å². The first-order valence-corrected chi connectivity index (χ1v) is 7.93. The van der Waals surface area contributed by atoms with Gasteiger partial charge in [0.15, 0.2) is 0 Å². The average Bonchev–Trinajstić information content (AvgIpc) is 2.61. The molecular weight excluding hydrogens is 330 g/mol. The molecule has 1 aromatic heterocycles. The number of pyridine rings is 1. The number of carbonyl (C=O) groups is 1. The molecule has 0 aliphatic carbocycles. The molecule has 7 heteroatoms. The number of halogens is 2. The third kappa shape index (κ3) is 3.93. The molecule has 0 bridgehead atoms. The van der Waals surface area contributed by atoms with E-state index in [4.69, 9.17) is 9.47 Å². The minimum absolute atomic E-state index is 0.127. The molecule has 132 valence electrons. The van der Waals surface area contributed by atoms with Crippen molar-refractivity contribution < 1.29 is 23.0 Å². The third-order valence-electron chi connectivity index (χ3n) is 4.01. The number of methoxy groups -OCH3 is 1. The van der Waals surface area contributed by atoms with Gasteiger partial charge < -0.3 is 14.4 Å². The summed E-state index contributed by atoms with van der Waals surface area (Å²) in [5.41, 5.74) is 1.62. The zero-order valence-electron chi connectivity index (χ0n) is 13.8. The van der Waals surface area contributed by atoms with E-state index in [9.17, 15) is 13.6 Å². The van der Waals surface area contributed by atoms with Gasteiger partial charge in [0, 0.05) is 38.8 Å². The lowest BCUT2D eigenvalue weighted by Crippen LogP contribution is -2.36. The predicted octanol–water partition coefficient (Wildman–Crippen LogP) is 2.58. The van der Waals surface area contributed by atoms with E-state index in [-0.39, 0.29) is 5.56 Å². The van der Waals surface area contributed by atoms with Gasteiger partial charge in [-0.3, -0.25) is 4.79 Å². The molecule has 2 aromatic rings. The molecule has 0 atom stereocenters. The van der Waals surface area contributed by atoms with Crippen LogP contribution in [0.2, 0.25) is 0 Å². The third-order valence-corrected chi connectivity index (χ3v) is 4.01. The van der Waals surface area contributed by atoms with E-state index in [0.29, 0.717) is 38.6 Å². The smallest absolute Gasteiger partial charge is 0.257 e. The quantitative estimate of drug-likeness (QED) is 0.780. The number of ether oxygens (including phenoxy) is 2. The summed E-state index contributed by atoms with van der Waals surface area (Å²) < 4.78 is 37.2. The Morgan fingerprint density at radius 3 is 2.84 bits per heavy atom. The summed E-state index contributed by atoms with van der Waals surface area (Å²) in [6.45, 7) is 1.63. The Kier molecular flexibility index (Phi) is 5.23. The van der Waals surface area contributed by atoms with E-state index in [2.05, 4.69) is 4.98 Å². The molecule has 0 fully saturated rings. The molecule has 0 saturated heterocycles. The highest BCUT2D eigenvalue weighted by Gasteiger charge is 2.25. The fourth-order valence-corrected chi connectivity index (χ4v) is 2.71. The topological polar surface area (TPSA) is 51.7 Å². The van der Waals surface area contributed by atoms with Crippen LogP contribution in [0.5, 0.6) is 5.88 Å². The molecule has 1 amide bonds. The summed E-state index contributed by atoms with van der Waals surface area (Å²) >= 11 is 0.